The highest BCUT2D eigenvalue weighted by Crippen LogP contribution is 2.72. The van der Waals surface area contributed by atoms with E-state index >= 15 is 0 Å². The van der Waals surface area contributed by atoms with Crippen LogP contribution in [0.1, 0.15) is 79.1 Å². The summed E-state index contributed by atoms with van der Waals surface area (Å²) in [6.45, 7) is 5.56. The minimum absolute atomic E-state index is 0.00691. The number of carboxylic acids is 1. The SMILES string of the molecule is CCC(=O)O[C@]1(C(=O)COCNC(=O)CNC(=O)[C@H](CCC(=O)O)NC(=O)CCN2C(O)C=CC2O)[C@@H](C)CC2[C@@H]3CCC4=CC(=O)C=C[C@]4(C)[C@@]3(Cl)[C@@H](O)C[C@@]21C. The van der Waals surface area contributed by atoms with Gasteiger partial charge in [0.05, 0.1) is 17.5 Å². The maximum atomic E-state index is 14.4. The van der Waals surface area contributed by atoms with Crippen molar-refractivity contribution in [1.29, 1.82) is 0 Å². The molecule has 18 heteroatoms. The molecule has 58 heavy (non-hydrogen) atoms. The van der Waals surface area contributed by atoms with Crippen molar-refractivity contribution >= 4 is 52.8 Å². The lowest BCUT2D eigenvalue weighted by molar-refractivity contribution is -0.203. The van der Waals surface area contributed by atoms with Crippen LogP contribution in [0, 0.1) is 28.6 Å². The molecule has 0 bridgehead atoms. The van der Waals surface area contributed by atoms with E-state index in [-0.39, 0.29) is 49.8 Å². The van der Waals surface area contributed by atoms with Crippen molar-refractivity contribution in [2.75, 3.05) is 26.4 Å². The van der Waals surface area contributed by atoms with Gasteiger partial charge in [-0.2, -0.15) is 0 Å². The van der Waals surface area contributed by atoms with Gasteiger partial charge in [-0.3, -0.25) is 33.6 Å². The quantitative estimate of drug-likeness (QED) is 0.0348. The van der Waals surface area contributed by atoms with E-state index in [2.05, 4.69) is 16.0 Å². The van der Waals surface area contributed by atoms with Crippen LogP contribution in [0.25, 0.3) is 0 Å². The molecule has 1 aliphatic heterocycles. The predicted molar refractivity (Wildman–Crippen MR) is 205 cm³/mol. The van der Waals surface area contributed by atoms with Crippen molar-refractivity contribution < 1.29 is 63.5 Å². The van der Waals surface area contributed by atoms with Gasteiger partial charge in [-0.05, 0) is 68.2 Å². The zero-order valence-corrected chi connectivity index (χ0v) is 34.0. The van der Waals surface area contributed by atoms with Crippen LogP contribution < -0.4 is 16.0 Å². The zero-order chi connectivity index (χ0) is 42.8. The molecule has 3 saturated carbocycles. The largest absolute Gasteiger partial charge is 0.481 e. The van der Waals surface area contributed by atoms with Crippen molar-refractivity contribution in [3.05, 3.63) is 36.0 Å². The number of fused-ring (bicyclic) bond motifs is 5. The Morgan fingerprint density at radius 3 is 2.36 bits per heavy atom. The van der Waals surface area contributed by atoms with E-state index < -0.39 is 114 Å². The van der Waals surface area contributed by atoms with Crippen LogP contribution in [0.15, 0.2) is 36.0 Å². The Kier molecular flexibility index (Phi) is 13.8. The second-order valence-corrected chi connectivity index (χ2v) is 17.1. The minimum Gasteiger partial charge on any atom is -0.481 e. The molecule has 0 aromatic rings. The molecule has 0 saturated heterocycles. The van der Waals surface area contributed by atoms with Crippen LogP contribution in [0.4, 0.5) is 0 Å². The number of carbonyl (C=O) groups is 7. The van der Waals surface area contributed by atoms with E-state index in [0.717, 1.165) is 5.57 Å². The number of ether oxygens (including phenoxy) is 2. The number of amides is 3. The van der Waals surface area contributed by atoms with Gasteiger partial charge in [-0.25, -0.2) is 4.90 Å². The number of ketones is 2. The van der Waals surface area contributed by atoms with Crippen molar-refractivity contribution in [3.63, 3.8) is 0 Å². The number of hydrogen-bond donors (Lipinski definition) is 7. The number of aliphatic carboxylic acids is 1. The summed E-state index contributed by atoms with van der Waals surface area (Å²) in [5, 5.41) is 48.1. The van der Waals surface area contributed by atoms with Gasteiger partial charge in [0.15, 0.2) is 11.4 Å². The third-order valence-corrected chi connectivity index (χ3v) is 14.1. The normalized spacial score (nSPS) is 35.5. The maximum absolute atomic E-state index is 14.4. The number of nitrogens with one attached hydrogen (secondary N) is 3. The van der Waals surface area contributed by atoms with Gasteiger partial charge in [-0.1, -0.05) is 39.3 Å². The molecule has 320 valence electrons. The molecule has 3 unspecified atom stereocenters. The second-order valence-electron chi connectivity index (χ2n) is 16.5. The van der Waals surface area contributed by atoms with E-state index in [4.69, 9.17) is 26.2 Å². The third kappa shape index (κ3) is 8.26. The van der Waals surface area contributed by atoms with E-state index in [9.17, 15) is 48.9 Å². The van der Waals surface area contributed by atoms with Gasteiger partial charge in [0, 0.05) is 42.6 Å². The Hall–Kier alpha value is -4.00. The van der Waals surface area contributed by atoms with Crippen LogP contribution in [0.5, 0.6) is 0 Å². The summed E-state index contributed by atoms with van der Waals surface area (Å²) in [4.78, 5) is 89.2. The average molecular weight is 835 g/mol. The van der Waals surface area contributed by atoms with Crippen molar-refractivity contribution in [3.8, 4) is 0 Å². The molecule has 1 heterocycles. The molecule has 11 atom stereocenters. The number of allylic oxidation sites excluding steroid dienone is 4. The first kappa shape index (κ1) is 45.1. The Balaban J connectivity index is 1.19. The second kappa shape index (κ2) is 17.7. The minimum atomic E-state index is -1.70. The van der Waals surface area contributed by atoms with E-state index in [0.29, 0.717) is 19.3 Å². The molecule has 0 aromatic heterocycles. The van der Waals surface area contributed by atoms with Gasteiger partial charge >= 0.3 is 11.9 Å². The molecule has 17 nitrogen and oxygen atoms in total. The van der Waals surface area contributed by atoms with Gasteiger partial charge in [0.25, 0.3) is 0 Å². The summed E-state index contributed by atoms with van der Waals surface area (Å²) in [5.41, 5.74) is -2.72. The zero-order valence-electron chi connectivity index (χ0n) is 33.2. The Bertz CT molecular complexity index is 1760. The van der Waals surface area contributed by atoms with Crippen LogP contribution in [-0.4, -0.2) is 128 Å². The maximum Gasteiger partial charge on any atom is 0.306 e. The molecule has 4 aliphatic carbocycles. The molecule has 0 spiro atoms. The number of hydrogen-bond acceptors (Lipinski definition) is 13. The molecule has 7 N–H and O–H groups in total. The molecule has 0 radical (unpaired) electrons. The first-order valence-electron chi connectivity index (χ1n) is 19.7. The fraction of sp³-hybridized carbons (Fsp3) is 0.675. The van der Waals surface area contributed by atoms with E-state index in [1.165, 1.54) is 23.1 Å². The number of carbonyl (C=O) groups excluding carboxylic acids is 6. The Morgan fingerprint density at radius 2 is 1.71 bits per heavy atom. The number of esters is 1. The number of nitrogens with zero attached hydrogens (tertiary/aromatic N) is 1. The van der Waals surface area contributed by atoms with E-state index in [1.807, 2.05) is 20.8 Å². The topological polar surface area (TPSA) is 258 Å². The highest BCUT2D eigenvalue weighted by atomic mass is 35.5. The standard InChI is InChI=1S/C40H55ClN4O13/c1-5-35(55)58-40(22(2)16-26-25-7-6-23-17-24(46)12-14-37(23,3)39(25,41)28(47)18-38(26,40)4)29(48)20-57-21-43-31(50)19-42-36(56)27(8-11-34(53)54)44-30(49)13-15-45-32(51)9-10-33(45)52/h9-10,12,14,17,22,25-28,32-33,47,51-52H,5-8,11,13,15-16,18-21H2,1-4H3,(H,42,56)(H,43,50)(H,44,49)(H,53,54)/t22-,25-,26?,27-,28-,32?,33?,37-,38-,39-,40-/m0/s1. The Morgan fingerprint density at radius 1 is 1.02 bits per heavy atom. The molecular weight excluding hydrogens is 780 g/mol. The summed E-state index contributed by atoms with van der Waals surface area (Å²) < 4.78 is 11.8. The van der Waals surface area contributed by atoms with Crippen molar-refractivity contribution in [2.24, 2.45) is 28.6 Å². The smallest absolute Gasteiger partial charge is 0.306 e. The van der Waals surface area contributed by atoms with Crippen LogP contribution >= 0.6 is 11.6 Å². The van der Waals surface area contributed by atoms with Crippen molar-refractivity contribution in [1.82, 2.24) is 20.9 Å². The van der Waals surface area contributed by atoms with Crippen molar-refractivity contribution in [2.45, 2.75) is 114 Å². The van der Waals surface area contributed by atoms with Gasteiger partial charge in [0.1, 0.15) is 31.8 Å². The summed E-state index contributed by atoms with van der Waals surface area (Å²) >= 11 is 7.56. The lowest BCUT2D eigenvalue weighted by atomic mass is 9.45. The molecule has 3 amide bonds. The number of rotatable bonds is 17. The number of aliphatic hydroxyl groups excluding tert-OH is 3. The monoisotopic (exact) mass is 834 g/mol. The number of carboxylic acid groups (broad SMARTS) is 1. The van der Waals surface area contributed by atoms with E-state index in [1.54, 1.807) is 19.1 Å². The summed E-state index contributed by atoms with van der Waals surface area (Å²) in [6.07, 6.45) is 4.87. The summed E-state index contributed by atoms with van der Waals surface area (Å²) in [5.74, 6) is -5.75. The fourth-order valence-corrected chi connectivity index (χ4v) is 10.8. The first-order valence-corrected chi connectivity index (χ1v) is 20.1. The summed E-state index contributed by atoms with van der Waals surface area (Å²) in [7, 11) is 0. The lowest BCUT2D eigenvalue weighted by Crippen LogP contribution is -2.69. The highest BCUT2D eigenvalue weighted by Gasteiger charge is 2.76. The highest BCUT2D eigenvalue weighted by molar-refractivity contribution is 6.26. The lowest BCUT2D eigenvalue weighted by Gasteiger charge is -2.64. The molecular formula is C40H55ClN4O13. The number of Topliss-reactive ketones (excluding diaryl/α,β-unsaturated/α-hetero) is 1. The van der Waals surface area contributed by atoms with Gasteiger partial charge in [-0.15, -0.1) is 11.6 Å². The third-order valence-electron chi connectivity index (χ3n) is 13.2. The number of halogens is 1. The van der Waals surface area contributed by atoms with Crippen LogP contribution in [0.2, 0.25) is 0 Å². The molecule has 0 aromatic carbocycles. The number of aliphatic hydroxyl groups is 3. The van der Waals surface area contributed by atoms with Gasteiger partial charge in [0.2, 0.25) is 23.5 Å². The molecule has 3 fully saturated rings. The average Bonchev–Trinajstić information content (AvgIpc) is 3.60. The molecule has 5 rings (SSSR count). The first-order chi connectivity index (χ1) is 27.2. The molecule has 5 aliphatic rings. The summed E-state index contributed by atoms with van der Waals surface area (Å²) in [6, 6.07) is -1.31. The Labute approximate surface area is 341 Å². The van der Waals surface area contributed by atoms with Crippen LogP contribution in [-0.2, 0) is 43.0 Å². The fourth-order valence-electron chi connectivity index (χ4n) is 10.3. The predicted octanol–water partition coefficient (Wildman–Crippen LogP) is 0.588. The van der Waals surface area contributed by atoms with Gasteiger partial charge < -0.3 is 45.9 Å². The van der Waals surface area contributed by atoms with Crippen LogP contribution in [0.3, 0.4) is 0 Å². The number of alkyl halides is 1.